The molecule has 0 unspecified atom stereocenters. The lowest BCUT2D eigenvalue weighted by atomic mass is 10.1. The first-order chi connectivity index (χ1) is 6.07. The van der Waals surface area contributed by atoms with Gasteiger partial charge < -0.3 is 10.5 Å². The molecule has 2 N–H and O–H groups in total. The van der Waals surface area contributed by atoms with Crippen LogP contribution < -0.4 is 5.73 Å². The monoisotopic (exact) mass is 199 g/mol. The van der Waals surface area contributed by atoms with Crippen LogP contribution in [0.25, 0.3) is 0 Å². The number of hydrogen-bond acceptors (Lipinski definition) is 3. The van der Waals surface area contributed by atoms with Gasteiger partial charge in [-0.3, -0.25) is 0 Å². The Balaban J connectivity index is 3.26. The molecule has 0 bridgehead atoms. The molecular formula is C9H10ClNO2. The van der Waals surface area contributed by atoms with Gasteiger partial charge in [-0.2, -0.15) is 0 Å². The van der Waals surface area contributed by atoms with E-state index < -0.39 is 5.97 Å². The van der Waals surface area contributed by atoms with E-state index in [1.54, 1.807) is 19.1 Å². The van der Waals surface area contributed by atoms with Gasteiger partial charge in [0.1, 0.15) is 0 Å². The Labute approximate surface area is 81.4 Å². The van der Waals surface area contributed by atoms with Gasteiger partial charge in [-0.15, -0.1) is 0 Å². The van der Waals surface area contributed by atoms with Crippen molar-refractivity contribution in [2.45, 2.75) is 6.92 Å². The van der Waals surface area contributed by atoms with E-state index in [1.807, 2.05) is 0 Å². The number of nitrogens with two attached hydrogens (primary N) is 1. The molecule has 0 saturated carbocycles. The van der Waals surface area contributed by atoms with Crippen LogP contribution in [0.15, 0.2) is 12.1 Å². The topological polar surface area (TPSA) is 52.3 Å². The van der Waals surface area contributed by atoms with E-state index in [2.05, 4.69) is 4.74 Å². The van der Waals surface area contributed by atoms with Gasteiger partial charge in [0, 0.05) is 0 Å². The summed E-state index contributed by atoms with van der Waals surface area (Å²) < 4.78 is 4.57. The molecule has 1 aromatic carbocycles. The molecule has 0 amide bonds. The van der Waals surface area contributed by atoms with Crippen LogP contribution in [0.1, 0.15) is 15.9 Å². The zero-order valence-corrected chi connectivity index (χ0v) is 8.18. The van der Waals surface area contributed by atoms with Crippen molar-refractivity contribution in [3.8, 4) is 0 Å². The van der Waals surface area contributed by atoms with Crippen molar-refractivity contribution in [1.29, 1.82) is 0 Å². The van der Waals surface area contributed by atoms with Crippen LogP contribution in [0.2, 0.25) is 5.02 Å². The lowest BCUT2D eigenvalue weighted by Gasteiger charge is -2.07. The Morgan fingerprint density at radius 2 is 2.15 bits per heavy atom. The Morgan fingerprint density at radius 3 is 2.69 bits per heavy atom. The van der Waals surface area contributed by atoms with Gasteiger partial charge in [-0.1, -0.05) is 11.6 Å². The number of anilines is 1. The number of carbonyl (C=O) groups excluding carboxylic acids is 1. The van der Waals surface area contributed by atoms with E-state index in [0.29, 0.717) is 21.8 Å². The molecule has 0 aliphatic rings. The van der Waals surface area contributed by atoms with E-state index >= 15 is 0 Å². The number of ether oxygens (including phenoxy) is 1. The van der Waals surface area contributed by atoms with Crippen LogP contribution >= 0.6 is 11.6 Å². The predicted octanol–water partition coefficient (Wildman–Crippen LogP) is 2.02. The van der Waals surface area contributed by atoms with Gasteiger partial charge in [0.25, 0.3) is 0 Å². The van der Waals surface area contributed by atoms with E-state index in [-0.39, 0.29) is 0 Å². The van der Waals surface area contributed by atoms with Gasteiger partial charge in [0.15, 0.2) is 0 Å². The van der Waals surface area contributed by atoms with Crippen LogP contribution in [0.3, 0.4) is 0 Å². The molecule has 3 nitrogen and oxygen atoms in total. The van der Waals surface area contributed by atoms with E-state index in [1.165, 1.54) is 7.11 Å². The molecule has 1 aromatic rings. The summed E-state index contributed by atoms with van der Waals surface area (Å²) in [5.74, 6) is -0.402. The average molecular weight is 200 g/mol. The second-order valence-electron chi connectivity index (χ2n) is 2.63. The number of carbonyl (C=O) groups is 1. The van der Waals surface area contributed by atoms with Crippen LogP contribution in [-0.2, 0) is 4.74 Å². The molecule has 0 radical (unpaired) electrons. The normalized spacial score (nSPS) is 9.77. The minimum atomic E-state index is -0.402. The Kier molecular flexibility index (Phi) is 2.78. The third-order valence-electron chi connectivity index (χ3n) is 1.87. The molecule has 0 aliphatic carbocycles. The molecule has 0 aromatic heterocycles. The molecule has 0 aliphatic heterocycles. The number of esters is 1. The summed E-state index contributed by atoms with van der Waals surface area (Å²) >= 11 is 5.76. The van der Waals surface area contributed by atoms with Gasteiger partial charge in [-0.05, 0) is 24.6 Å². The van der Waals surface area contributed by atoms with Gasteiger partial charge in [-0.25, -0.2) is 4.79 Å². The van der Waals surface area contributed by atoms with Crippen molar-refractivity contribution in [3.05, 3.63) is 28.3 Å². The summed E-state index contributed by atoms with van der Waals surface area (Å²) in [4.78, 5) is 11.2. The van der Waals surface area contributed by atoms with Crippen molar-refractivity contribution in [3.63, 3.8) is 0 Å². The minimum Gasteiger partial charge on any atom is -0.465 e. The third kappa shape index (κ3) is 1.75. The maximum absolute atomic E-state index is 11.2. The maximum atomic E-state index is 11.2. The summed E-state index contributed by atoms with van der Waals surface area (Å²) in [7, 11) is 1.33. The number of halogens is 1. The predicted molar refractivity (Wildman–Crippen MR) is 51.9 cm³/mol. The maximum Gasteiger partial charge on any atom is 0.338 e. The molecular weight excluding hydrogens is 190 g/mol. The van der Waals surface area contributed by atoms with E-state index in [0.717, 1.165) is 0 Å². The summed E-state index contributed by atoms with van der Waals surface area (Å²) in [6.07, 6.45) is 0. The Hall–Kier alpha value is -1.22. The average Bonchev–Trinajstić information content (AvgIpc) is 2.13. The second kappa shape index (κ2) is 3.66. The highest BCUT2D eigenvalue weighted by Gasteiger charge is 2.12. The first kappa shape index (κ1) is 9.86. The zero-order valence-electron chi connectivity index (χ0n) is 7.43. The number of nitrogen functional groups attached to an aromatic ring is 1. The largest absolute Gasteiger partial charge is 0.465 e. The number of methoxy groups -OCH3 is 1. The fourth-order valence-electron chi connectivity index (χ4n) is 1.03. The van der Waals surface area contributed by atoms with Gasteiger partial charge >= 0.3 is 5.97 Å². The summed E-state index contributed by atoms with van der Waals surface area (Å²) in [6, 6.07) is 3.18. The number of rotatable bonds is 1. The van der Waals surface area contributed by atoms with Gasteiger partial charge in [0.05, 0.1) is 23.4 Å². The first-order valence-corrected chi connectivity index (χ1v) is 4.08. The number of hydrogen-bond donors (Lipinski definition) is 1. The fourth-order valence-corrected chi connectivity index (χ4v) is 1.23. The zero-order chi connectivity index (χ0) is 10.0. The molecule has 0 atom stereocenters. The molecule has 0 heterocycles. The lowest BCUT2D eigenvalue weighted by Crippen LogP contribution is -2.05. The van der Waals surface area contributed by atoms with E-state index in [4.69, 9.17) is 17.3 Å². The molecule has 4 heteroatoms. The van der Waals surface area contributed by atoms with Crippen LogP contribution in [0.4, 0.5) is 5.69 Å². The van der Waals surface area contributed by atoms with Crippen LogP contribution in [0, 0.1) is 6.92 Å². The molecule has 1 rings (SSSR count). The lowest BCUT2D eigenvalue weighted by molar-refractivity contribution is 0.0600. The summed E-state index contributed by atoms with van der Waals surface area (Å²) in [6.45, 7) is 1.73. The molecule has 0 saturated heterocycles. The number of benzene rings is 1. The van der Waals surface area contributed by atoms with Crippen molar-refractivity contribution in [1.82, 2.24) is 0 Å². The Morgan fingerprint density at radius 1 is 1.54 bits per heavy atom. The molecule has 13 heavy (non-hydrogen) atoms. The van der Waals surface area contributed by atoms with Crippen molar-refractivity contribution < 1.29 is 9.53 Å². The highest BCUT2D eigenvalue weighted by Crippen LogP contribution is 2.25. The second-order valence-corrected chi connectivity index (χ2v) is 3.03. The van der Waals surface area contributed by atoms with Crippen LogP contribution in [-0.4, -0.2) is 13.1 Å². The summed E-state index contributed by atoms with van der Waals surface area (Å²) in [5, 5.41) is 0.449. The molecule has 0 fully saturated rings. The highest BCUT2D eigenvalue weighted by atomic mass is 35.5. The van der Waals surface area contributed by atoms with Crippen molar-refractivity contribution in [2.75, 3.05) is 12.8 Å². The van der Waals surface area contributed by atoms with Crippen LogP contribution in [0.5, 0.6) is 0 Å². The van der Waals surface area contributed by atoms with Gasteiger partial charge in [0.2, 0.25) is 0 Å². The van der Waals surface area contributed by atoms with Crippen molar-refractivity contribution >= 4 is 23.3 Å². The Bertz CT molecular complexity index is 350. The summed E-state index contributed by atoms with van der Waals surface area (Å²) in [5.41, 5.74) is 7.16. The fraction of sp³-hybridized carbons (Fsp3) is 0.222. The smallest absolute Gasteiger partial charge is 0.338 e. The molecule has 0 spiro atoms. The third-order valence-corrected chi connectivity index (χ3v) is 2.20. The quantitative estimate of drug-likeness (QED) is 0.556. The SMILES string of the molecule is COC(=O)c1ccc(Cl)c(N)c1C. The van der Waals surface area contributed by atoms with E-state index in [9.17, 15) is 4.79 Å². The minimum absolute atomic E-state index is 0.402. The highest BCUT2D eigenvalue weighted by molar-refractivity contribution is 6.33. The standard InChI is InChI=1S/C9H10ClNO2/c1-5-6(9(12)13-2)3-4-7(10)8(5)11/h3-4H,11H2,1-2H3. The first-order valence-electron chi connectivity index (χ1n) is 3.70. The van der Waals surface area contributed by atoms with Crippen molar-refractivity contribution in [2.24, 2.45) is 0 Å². The molecule has 70 valence electrons.